The first-order valence-electron chi connectivity index (χ1n) is 6.98. The molecule has 1 atom stereocenters. The van der Waals surface area contributed by atoms with E-state index in [1.54, 1.807) is 0 Å². The molecule has 5 heteroatoms. The van der Waals surface area contributed by atoms with E-state index in [0.29, 0.717) is 0 Å². The molecule has 2 rings (SSSR count). The number of para-hydroxylation sites is 1. The third-order valence-electron chi connectivity index (χ3n) is 3.21. The van der Waals surface area contributed by atoms with Crippen molar-refractivity contribution in [1.82, 2.24) is 5.43 Å². The molecule has 1 unspecified atom stereocenters. The smallest absolute Gasteiger partial charge is 0.184 e. The Morgan fingerprint density at radius 2 is 1.77 bits per heavy atom. The molecule has 22 heavy (non-hydrogen) atoms. The normalized spacial score (nSPS) is 12.5. The zero-order chi connectivity index (χ0) is 15.9. The molecule has 0 amide bonds. The lowest BCUT2D eigenvalue weighted by atomic mass is 10.0. The van der Waals surface area contributed by atoms with Crippen LogP contribution in [0, 0.1) is 0 Å². The number of benzene rings is 2. The number of hydrazone groups is 1. The second-order valence-corrected chi connectivity index (χ2v) is 5.29. The van der Waals surface area contributed by atoms with Crippen molar-refractivity contribution < 1.29 is 4.74 Å². The second kappa shape index (κ2) is 7.56. The Balaban J connectivity index is 2.20. The largest absolute Gasteiger partial charge is 0.484 e. The van der Waals surface area contributed by atoms with Gasteiger partial charge in [0.15, 0.2) is 5.11 Å². The number of ether oxygens (including phenoxy) is 1. The third-order valence-corrected chi connectivity index (χ3v) is 3.30. The van der Waals surface area contributed by atoms with Crippen molar-refractivity contribution in [3.63, 3.8) is 0 Å². The van der Waals surface area contributed by atoms with Crippen LogP contribution >= 0.6 is 12.2 Å². The monoisotopic (exact) mass is 313 g/mol. The number of nitrogens with zero attached hydrogens (tertiary/aromatic N) is 1. The van der Waals surface area contributed by atoms with Gasteiger partial charge in [-0.15, -0.1) is 0 Å². The highest BCUT2D eigenvalue weighted by molar-refractivity contribution is 7.80. The third kappa shape index (κ3) is 4.30. The summed E-state index contributed by atoms with van der Waals surface area (Å²) in [4.78, 5) is 0. The van der Waals surface area contributed by atoms with Crippen molar-refractivity contribution in [2.75, 3.05) is 0 Å². The van der Waals surface area contributed by atoms with Crippen molar-refractivity contribution in [1.29, 1.82) is 0 Å². The highest BCUT2D eigenvalue weighted by Gasteiger charge is 2.12. The molecule has 4 nitrogen and oxygen atoms in total. The topological polar surface area (TPSA) is 59.6 Å². The van der Waals surface area contributed by atoms with Crippen LogP contribution in [0.4, 0.5) is 0 Å². The summed E-state index contributed by atoms with van der Waals surface area (Å²) >= 11 is 4.73. The first-order chi connectivity index (χ1) is 10.6. The summed E-state index contributed by atoms with van der Waals surface area (Å²) in [6, 6.07) is 18.1. The van der Waals surface area contributed by atoms with E-state index < -0.39 is 0 Å². The summed E-state index contributed by atoms with van der Waals surface area (Å²) in [5, 5.41) is 4.23. The molecule has 0 spiro atoms. The Bertz CT molecular complexity index is 671. The molecule has 114 valence electrons. The van der Waals surface area contributed by atoms with Crippen LogP contribution in [0.5, 0.6) is 5.75 Å². The van der Waals surface area contributed by atoms with Gasteiger partial charge in [-0.1, -0.05) is 48.5 Å². The molecule has 0 saturated carbocycles. The highest BCUT2D eigenvalue weighted by atomic mass is 32.1. The van der Waals surface area contributed by atoms with E-state index in [4.69, 9.17) is 22.7 Å². The maximum atomic E-state index is 6.04. The lowest BCUT2D eigenvalue weighted by molar-refractivity contribution is 0.287. The Hall–Kier alpha value is -2.40. The van der Waals surface area contributed by atoms with E-state index in [-0.39, 0.29) is 11.2 Å². The van der Waals surface area contributed by atoms with E-state index in [1.165, 1.54) is 0 Å². The molecule has 3 N–H and O–H groups in total. The van der Waals surface area contributed by atoms with E-state index >= 15 is 0 Å². The molecule has 0 radical (unpaired) electrons. The molecule has 0 fully saturated rings. The van der Waals surface area contributed by atoms with Crippen molar-refractivity contribution in [3.8, 4) is 16.9 Å². The van der Waals surface area contributed by atoms with Crippen LogP contribution in [0.2, 0.25) is 0 Å². The van der Waals surface area contributed by atoms with E-state index in [0.717, 1.165) is 22.6 Å². The van der Waals surface area contributed by atoms with Gasteiger partial charge in [-0.2, -0.15) is 5.10 Å². The first kappa shape index (κ1) is 16.0. The SMILES string of the molecule is C/C(=N\NC(N)=S)C(C)Oc1ccccc1-c1ccccc1. The van der Waals surface area contributed by atoms with Gasteiger partial charge in [0, 0.05) is 5.56 Å². The average molecular weight is 313 g/mol. The fourth-order valence-corrected chi connectivity index (χ4v) is 1.98. The number of thiocarbonyl (C=S) groups is 1. The Kier molecular flexibility index (Phi) is 5.49. The molecular weight excluding hydrogens is 294 g/mol. The Morgan fingerprint density at radius 1 is 1.14 bits per heavy atom. The van der Waals surface area contributed by atoms with Crippen LogP contribution in [-0.2, 0) is 0 Å². The summed E-state index contributed by atoms with van der Waals surface area (Å²) in [5.74, 6) is 0.811. The molecular formula is C17H19N3OS. The minimum atomic E-state index is -0.202. The molecule has 0 aromatic heterocycles. The summed E-state index contributed by atoms with van der Waals surface area (Å²) in [6.07, 6.45) is -0.202. The lowest BCUT2D eigenvalue weighted by Gasteiger charge is -2.17. The summed E-state index contributed by atoms with van der Waals surface area (Å²) in [5.41, 5.74) is 10.9. The van der Waals surface area contributed by atoms with Crippen LogP contribution in [0.1, 0.15) is 13.8 Å². The van der Waals surface area contributed by atoms with Crippen molar-refractivity contribution in [2.24, 2.45) is 10.8 Å². The molecule has 0 saturated heterocycles. The van der Waals surface area contributed by atoms with Gasteiger partial charge in [-0.25, -0.2) is 0 Å². The molecule has 2 aromatic rings. The molecule has 0 bridgehead atoms. The number of hydrogen-bond acceptors (Lipinski definition) is 3. The molecule has 0 aliphatic carbocycles. The van der Waals surface area contributed by atoms with Crippen molar-refractivity contribution in [2.45, 2.75) is 20.0 Å². The molecule has 0 aliphatic rings. The number of nitrogens with two attached hydrogens (primary N) is 1. The summed E-state index contributed by atoms with van der Waals surface area (Å²) < 4.78 is 6.04. The predicted molar refractivity (Wildman–Crippen MR) is 95.0 cm³/mol. The van der Waals surface area contributed by atoms with Crippen LogP contribution in [0.25, 0.3) is 11.1 Å². The number of rotatable bonds is 5. The van der Waals surface area contributed by atoms with Gasteiger partial charge < -0.3 is 10.5 Å². The first-order valence-corrected chi connectivity index (χ1v) is 7.39. The Morgan fingerprint density at radius 3 is 2.45 bits per heavy atom. The summed E-state index contributed by atoms with van der Waals surface area (Å²) in [6.45, 7) is 3.79. The second-order valence-electron chi connectivity index (χ2n) is 4.85. The fourth-order valence-electron chi connectivity index (χ4n) is 1.94. The minimum absolute atomic E-state index is 0.135. The van der Waals surface area contributed by atoms with Crippen LogP contribution in [0.3, 0.4) is 0 Å². The van der Waals surface area contributed by atoms with Gasteiger partial charge in [-0.05, 0) is 37.7 Å². The summed E-state index contributed by atoms with van der Waals surface area (Å²) in [7, 11) is 0. The van der Waals surface area contributed by atoms with Crippen LogP contribution in [0.15, 0.2) is 59.7 Å². The maximum absolute atomic E-state index is 6.04. The molecule has 0 heterocycles. The lowest BCUT2D eigenvalue weighted by Crippen LogP contribution is -2.29. The quantitative estimate of drug-likeness (QED) is 0.505. The van der Waals surface area contributed by atoms with Gasteiger partial charge >= 0.3 is 0 Å². The van der Waals surface area contributed by atoms with Gasteiger partial charge in [0.2, 0.25) is 0 Å². The van der Waals surface area contributed by atoms with Gasteiger partial charge in [0.25, 0.3) is 0 Å². The van der Waals surface area contributed by atoms with Crippen LogP contribution < -0.4 is 15.9 Å². The van der Waals surface area contributed by atoms with E-state index in [1.807, 2.05) is 56.3 Å². The van der Waals surface area contributed by atoms with Crippen molar-refractivity contribution in [3.05, 3.63) is 54.6 Å². The number of nitrogens with one attached hydrogen (secondary N) is 1. The van der Waals surface area contributed by atoms with Gasteiger partial charge in [-0.3, -0.25) is 5.43 Å². The zero-order valence-electron chi connectivity index (χ0n) is 12.6. The zero-order valence-corrected chi connectivity index (χ0v) is 13.4. The van der Waals surface area contributed by atoms with E-state index in [2.05, 4.69) is 22.7 Å². The van der Waals surface area contributed by atoms with Crippen LogP contribution in [-0.4, -0.2) is 16.9 Å². The Labute approximate surface area is 136 Å². The standard InChI is InChI=1S/C17H19N3OS/c1-12(19-20-17(18)22)13(2)21-16-11-7-6-10-15(16)14-8-4-3-5-9-14/h3-11,13H,1-2H3,(H3,18,20,22)/b19-12+. The maximum Gasteiger partial charge on any atom is 0.184 e. The minimum Gasteiger partial charge on any atom is -0.484 e. The molecule has 0 aliphatic heterocycles. The highest BCUT2D eigenvalue weighted by Crippen LogP contribution is 2.30. The van der Waals surface area contributed by atoms with Gasteiger partial charge in [0.1, 0.15) is 11.9 Å². The number of hydrogen-bond donors (Lipinski definition) is 2. The molecule has 2 aromatic carbocycles. The predicted octanol–water partition coefficient (Wildman–Crippen LogP) is 3.33. The van der Waals surface area contributed by atoms with Gasteiger partial charge in [0.05, 0.1) is 5.71 Å². The fraction of sp³-hybridized carbons (Fsp3) is 0.176. The van der Waals surface area contributed by atoms with Crippen molar-refractivity contribution >= 4 is 23.0 Å². The average Bonchev–Trinajstić information content (AvgIpc) is 2.53. The van der Waals surface area contributed by atoms with E-state index in [9.17, 15) is 0 Å².